The van der Waals surface area contributed by atoms with E-state index in [1.54, 1.807) is 17.3 Å². The molecule has 0 spiro atoms. The third-order valence-electron chi connectivity index (χ3n) is 3.22. The third-order valence-corrected chi connectivity index (χ3v) is 3.82. The molecule has 1 atom stereocenters. The van der Waals surface area contributed by atoms with E-state index in [4.69, 9.17) is 4.74 Å². The average Bonchev–Trinajstić information content (AvgIpc) is 2.98. The van der Waals surface area contributed by atoms with Gasteiger partial charge in [-0.05, 0) is 28.1 Å². The Morgan fingerprint density at radius 2 is 2.24 bits per heavy atom. The van der Waals surface area contributed by atoms with Crippen LogP contribution in [-0.4, -0.2) is 45.0 Å². The number of hydrogen-bond donors (Lipinski definition) is 0. The normalized spacial score (nSPS) is 17.8. The Morgan fingerprint density at radius 3 is 3.00 bits per heavy atom. The van der Waals surface area contributed by atoms with Gasteiger partial charge in [-0.3, -0.25) is 9.78 Å². The van der Waals surface area contributed by atoms with Crippen molar-refractivity contribution in [2.45, 2.75) is 12.5 Å². The van der Waals surface area contributed by atoms with Crippen LogP contribution in [0.3, 0.4) is 0 Å². The Balaban J connectivity index is 1.63. The fraction of sp³-hybridized carbons (Fsp3) is 0.286. The van der Waals surface area contributed by atoms with E-state index in [1.807, 2.05) is 12.1 Å². The molecule has 2 aromatic heterocycles. The summed E-state index contributed by atoms with van der Waals surface area (Å²) in [5, 5.41) is 0. The van der Waals surface area contributed by atoms with Crippen LogP contribution in [0.1, 0.15) is 16.9 Å². The molecule has 0 bridgehead atoms. The molecule has 0 N–H and O–H groups in total. The van der Waals surface area contributed by atoms with Gasteiger partial charge in [0.15, 0.2) is 0 Å². The number of ether oxygens (including phenoxy) is 1. The first-order valence-corrected chi connectivity index (χ1v) is 7.36. The molecule has 7 heteroatoms. The second-order valence-electron chi connectivity index (χ2n) is 4.66. The number of hydrogen-bond acceptors (Lipinski definition) is 5. The van der Waals surface area contributed by atoms with Gasteiger partial charge in [-0.25, -0.2) is 9.97 Å². The van der Waals surface area contributed by atoms with E-state index in [9.17, 15) is 4.79 Å². The number of carbonyl (C=O) groups excluding carboxylic acids is 1. The smallest absolute Gasteiger partial charge is 0.274 e. The fourth-order valence-corrected chi connectivity index (χ4v) is 2.54. The van der Waals surface area contributed by atoms with Gasteiger partial charge in [0.2, 0.25) is 5.88 Å². The van der Waals surface area contributed by atoms with Crippen molar-refractivity contribution in [3.8, 4) is 5.88 Å². The van der Waals surface area contributed by atoms with Crippen molar-refractivity contribution in [3.63, 3.8) is 0 Å². The lowest BCUT2D eigenvalue weighted by Gasteiger charge is -2.16. The van der Waals surface area contributed by atoms with Gasteiger partial charge in [0.25, 0.3) is 5.91 Å². The molecule has 108 valence electrons. The van der Waals surface area contributed by atoms with E-state index >= 15 is 0 Å². The number of pyridine rings is 1. The number of nitrogens with zero attached hydrogens (tertiary/aromatic N) is 4. The number of rotatable bonds is 3. The summed E-state index contributed by atoms with van der Waals surface area (Å²) >= 11 is 3.40. The summed E-state index contributed by atoms with van der Waals surface area (Å²) in [7, 11) is 0. The molecule has 6 nitrogen and oxygen atoms in total. The first-order chi connectivity index (χ1) is 10.2. The molecule has 1 saturated heterocycles. The summed E-state index contributed by atoms with van der Waals surface area (Å²) in [5.74, 6) is 0.436. The Morgan fingerprint density at radius 1 is 1.33 bits per heavy atom. The minimum absolute atomic E-state index is 0.0585. The van der Waals surface area contributed by atoms with Crippen molar-refractivity contribution in [1.29, 1.82) is 0 Å². The zero-order chi connectivity index (χ0) is 14.7. The fourth-order valence-electron chi connectivity index (χ4n) is 2.20. The Labute approximate surface area is 130 Å². The highest BCUT2D eigenvalue weighted by Crippen LogP contribution is 2.24. The number of likely N-dealkylation sites (tertiary alicyclic amines) is 1. The van der Waals surface area contributed by atoms with Crippen molar-refractivity contribution in [2.75, 3.05) is 13.1 Å². The summed E-state index contributed by atoms with van der Waals surface area (Å²) < 4.78 is 6.64. The summed E-state index contributed by atoms with van der Waals surface area (Å²) in [6.45, 7) is 1.17. The Bertz CT molecular complexity index is 638. The van der Waals surface area contributed by atoms with Crippen molar-refractivity contribution >= 4 is 21.8 Å². The number of halogens is 1. The SMILES string of the molecule is O=C(c1cnccn1)N1CCC(Oc2ncccc2Br)C1. The molecule has 1 aliphatic heterocycles. The highest BCUT2D eigenvalue weighted by atomic mass is 79.9. The molecule has 3 heterocycles. The number of carbonyl (C=O) groups is 1. The first-order valence-electron chi connectivity index (χ1n) is 6.56. The van der Waals surface area contributed by atoms with E-state index in [-0.39, 0.29) is 12.0 Å². The molecule has 21 heavy (non-hydrogen) atoms. The summed E-state index contributed by atoms with van der Waals surface area (Å²) in [5.41, 5.74) is 0.358. The highest BCUT2D eigenvalue weighted by Gasteiger charge is 2.29. The van der Waals surface area contributed by atoms with Crippen LogP contribution in [-0.2, 0) is 0 Å². The summed E-state index contributed by atoms with van der Waals surface area (Å²) in [4.78, 5) is 26.1. The van der Waals surface area contributed by atoms with Gasteiger partial charge in [0, 0.05) is 31.6 Å². The molecule has 3 rings (SSSR count). The topological polar surface area (TPSA) is 68.2 Å². The summed E-state index contributed by atoms with van der Waals surface area (Å²) in [6, 6.07) is 3.70. The highest BCUT2D eigenvalue weighted by molar-refractivity contribution is 9.10. The van der Waals surface area contributed by atoms with Crippen LogP contribution >= 0.6 is 15.9 Å². The molecular weight excluding hydrogens is 336 g/mol. The zero-order valence-electron chi connectivity index (χ0n) is 11.1. The van der Waals surface area contributed by atoms with Gasteiger partial charge in [-0.1, -0.05) is 0 Å². The molecule has 0 aromatic carbocycles. The quantitative estimate of drug-likeness (QED) is 0.847. The van der Waals surface area contributed by atoms with Crippen LogP contribution in [0.4, 0.5) is 0 Å². The van der Waals surface area contributed by atoms with E-state index in [0.717, 1.165) is 10.9 Å². The molecular formula is C14H13BrN4O2. The van der Waals surface area contributed by atoms with E-state index < -0.39 is 0 Å². The molecule has 2 aromatic rings. The lowest BCUT2D eigenvalue weighted by Crippen LogP contribution is -2.31. The Kier molecular flexibility index (Phi) is 4.10. The predicted octanol–water partition coefficient (Wildman–Crippen LogP) is 1.93. The van der Waals surface area contributed by atoms with Gasteiger partial charge in [0.05, 0.1) is 17.2 Å². The van der Waals surface area contributed by atoms with Crippen LogP contribution in [0, 0.1) is 0 Å². The van der Waals surface area contributed by atoms with Crippen LogP contribution in [0.2, 0.25) is 0 Å². The van der Waals surface area contributed by atoms with E-state index in [0.29, 0.717) is 24.7 Å². The van der Waals surface area contributed by atoms with E-state index in [1.165, 1.54) is 12.4 Å². The van der Waals surface area contributed by atoms with Gasteiger partial charge in [0.1, 0.15) is 11.8 Å². The molecule has 0 radical (unpaired) electrons. The van der Waals surface area contributed by atoms with E-state index in [2.05, 4.69) is 30.9 Å². The molecule has 1 fully saturated rings. The minimum atomic E-state index is -0.116. The second-order valence-corrected chi connectivity index (χ2v) is 5.52. The number of amides is 1. The van der Waals surface area contributed by atoms with Crippen LogP contribution in [0.5, 0.6) is 5.88 Å². The van der Waals surface area contributed by atoms with Gasteiger partial charge in [-0.15, -0.1) is 0 Å². The van der Waals surface area contributed by atoms with Gasteiger partial charge < -0.3 is 9.64 Å². The molecule has 1 aliphatic rings. The predicted molar refractivity (Wildman–Crippen MR) is 78.9 cm³/mol. The number of aromatic nitrogens is 3. The van der Waals surface area contributed by atoms with Crippen molar-refractivity contribution in [1.82, 2.24) is 19.9 Å². The van der Waals surface area contributed by atoms with Crippen LogP contribution in [0.25, 0.3) is 0 Å². The Hall–Kier alpha value is -2.02. The molecule has 0 aliphatic carbocycles. The maximum Gasteiger partial charge on any atom is 0.274 e. The van der Waals surface area contributed by atoms with Crippen molar-refractivity contribution in [3.05, 3.63) is 47.1 Å². The minimum Gasteiger partial charge on any atom is -0.472 e. The van der Waals surface area contributed by atoms with Crippen LogP contribution < -0.4 is 4.74 Å². The van der Waals surface area contributed by atoms with Gasteiger partial charge in [-0.2, -0.15) is 0 Å². The maximum atomic E-state index is 12.3. The van der Waals surface area contributed by atoms with Crippen molar-refractivity contribution in [2.24, 2.45) is 0 Å². The second kappa shape index (κ2) is 6.17. The average molecular weight is 349 g/mol. The van der Waals surface area contributed by atoms with Crippen molar-refractivity contribution < 1.29 is 9.53 Å². The monoisotopic (exact) mass is 348 g/mol. The summed E-state index contributed by atoms with van der Waals surface area (Å²) in [6.07, 6.45) is 6.93. The molecule has 0 saturated carbocycles. The lowest BCUT2D eigenvalue weighted by molar-refractivity contribution is 0.0764. The maximum absolute atomic E-state index is 12.3. The van der Waals surface area contributed by atoms with Gasteiger partial charge >= 0.3 is 0 Å². The standard InChI is InChI=1S/C14H13BrN4O2/c15-11-2-1-4-18-13(11)21-10-3-7-19(9-10)14(20)12-8-16-5-6-17-12/h1-2,4-6,8,10H,3,7,9H2. The zero-order valence-corrected chi connectivity index (χ0v) is 12.7. The van der Waals surface area contributed by atoms with Crippen LogP contribution in [0.15, 0.2) is 41.4 Å². The third kappa shape index (κ3) is 3.18. The lowest BCUT2D eigenvalue weighted by atomic mass is 10.3. The molecule has 1 amide bonds. The molecule has 1 unspecified atom stereocenters. The largest absolute Gasteiger partial charge is 0.472 e. The first kappa shape index (κ1) is 13.9.